The highest BCUT2D eigenvalue weighted by Crippen LogP contribution is 2.21. The normalized spacial score (nSPS) is 14.3. The standard InChI is InChI=1S/C9H15O3P/c1-5-9(2,3)7-6-8-12-13(10)11-4/h1,6-7,13H,8H2,2-4H3. The highest BCUT2D eigenvalue weighted by molar-refractivity contribution is 7.33. The van der Waals surface area contributed by atoms with Gasteiger partial charge in [-0.1, -0.05) is 18.1 Å². The second kappa shape index (κ2) is 5.99. The first-order valence-electron chi connectivity index (χ1n) is 3.88. The molecule has 0 saturated carbocycles. The lowest BCUT2D eigenvalue weighted by atomic mass is 9.95. The molecular weight excluding hydrogens is 187 g/mol. The van der Waals surface area contributed by atoms with Gasteiger partial charge in [-0.3, -0.25) is 4.57 Å². The largest absolute Gasteiger partial charge is 0.319 e. The van der Waals surface area contributed by atoms with E-state index in [1.165, 1.54) is 7.11 Å². The molecule has 0 aliphatic rings. The van der Waals surface area contributed by atoms with Gasteiger partial charge < -0.3 is 9.05 Å². The number of hydrogen-bond donors (Lipinski definition) is 0. The van der Waals surface area contributed by atoms with Gasteiger partial charge in [0, 0.05) is 12.5 Å². The van der Waals surface area contributed by atoms with Gasteiger partial charge in [0.2, 0.25) is 0 Å². The average Bonchev–Trinajstić information content (AvgIpc) is 2.12. The minimum absolute atomic E-state index is 0.261. The highest BCUT2D eigenvalue weighted by atomic mass is 31.1. The van der Waals surface area contributed by atoms with E-state index in [1.54, 1.807) is 6.08 Å². The van der Waals surface area contributed by atoms with Crippen molar-refractivity contribution in [1.82, 2.24) is 0 Å². The summed E-state index contributed by atoms with van der Waals surface area (Å²) in [7, 11) is -0.962. The lowest BCUT2D eigenvalue weighted by molar-refractivity contribution is 0.279. The zero-order valence-electron chi connectivity index (χ0n) is 8.16. The smallest absolute Gasteiger partial charge is 0.314 e. The van der Waals surface area contributed by atoms with E-state index < -0.39 is 8.25 Å². The van der Waals surface area contributed by atoms with Crippen molar-refractivity contribution in [2.45, 2.75) is 13.8 Å². The molecule has 0 spiro atoms. The van der Waals surface area contributed by atoms with Gasteiger partial charge in [0.1, 0.15) is 0 Å². The summed E-state index contributed by atoms with van der Waals surface area (Å²) in [6.07, 6.45) is 8.82. The van der Waals surface area contributed by atoms with E-state index in [0.717, 1.165) is 0 Å². The number of allylic oxidation sites excluding steroid dienone is 1. The Bertz CT molecular complexity index is 238. The third kappa shape index (κ3) is 6.60. The summed E-state index contributed by atoms with van der Waals surface area (Å²) in [5.74, 6) is 2.60. The van der Waals surface area contributed by atoms with Crippen LogP contribution in [0.15, 0.2) is 12.2 Å². The molecule has 0 aromatic heterocycles. The van der Waals surface area contributed by atoms with Crippen LogP contribution >= 0.6 is 8.25 Å². The van der Waals surface area contributed by atoms with Crippen molar-refractivity contribution in [3.05, 3.63) is 12.2 Å². The van der Waals surface area contributed by atoms with Gasteiger partial charge >= 0.3 is 8.25 Å². The van der Waals surface area contributed by atoms with Crippen molar-refractivity contribution in [3.8, 4) is 12.3 Å². The second-order valence-corrected chi connectivity index (χ2v) is 4.23. The molecule has 74 valence electrons. The fourth-order valence-electron chi connectivity index (χ4n) is 0.566. The summed E-state index contributed by atoms with van der Waals surface area (Å²) >= 11 is 0. The van der Waals surface area contributed by atoms with Gasteiger partial charge in [-0.2, -0.15) is 0 Å². The Morgan fingerprint density at radius 1 is 1.62 bits per heavy atom. The molecule has 0 N–H and O–H groups in total. The second-order valence-electron chi connectivity index (χ2n) is 3.03. The van der Waals surface area contributed by atoms with Gasteiger partial charge in [-0.15, -0.1) is 6.42 Å². The Kier molecular flexibility index (Phi) is 5.73. The van der Waals surface area contributed by atoms with Gasteiger partial charge in [0.05, 0.1) is 6.61 Å². The minimum Gasteiger partial charge on any atom is -0.314 e. The molecule has 1 unspecified atom stereocenters. The van der Waals surface area contributed by atoms with Crippen LogP contribution in [0.2, 0.25) is 0 Å². The summed E-state index contributed by atoms with van der Waals surface area (Å²) in [5.41, 5.74) is -0.285. The van der Waals surface area contributed by atoms with Gasteiger partial charge in [0.25, 0.3) is 0 Å². The van der Waals surface area contributed by atoms with Crippen molar-refractivity contribution in [1.29, 1.82) is 0 Å². The topological polar surface area (TPSA) is 35.5 Å². The van der Waals surface area contributed by atoms with Crippen LogP contribution < -0.4 is 0 Å². The van der Waals surface area contributed by atoms with E-state index in [9.17, 15) is 4.57 Å². The van der Waals surface area contributed by atoms with E-state index in [-0.39, 0.29) is 12.0 Å². The molecule has 0 aliphatic carbocycles. The summed E-state index contributed by atoms with van der Waals surface area (Å²) < 4.78 is 19.9. The molecule has 0 radical (unpaired) electrons. The van der Waals surface area contributed by atoms with E-state index in [1.807, 2.05) is 19.9 Å². The molecule has 0 aromatic carbocycles. The molecular formula is C9H15O3P. The fraction of sp³-hybridized carbons (Fsp3) is 0.556. The zero-order valence-corrected chi connectivity index (χ0v) is 9.16. The molecule has 0 heterocycles. The SMILES string of the molecule is C#CC(C)(C)C=CCO[PH](=O)OC. The number of rotatable bonds is 5. The summed E-state index contributed by atoms with van der Waals surface area (Å²) in [5, 5.41) is 0. The molecule has 3 nitrogen and oxygen atoms in total. The predicted molar refractivity (Wildman–Crippen MR) is 53.7 cm³/mol. The average molecular weight is 202 g/mol. The van der Waals surface area contributed by atoms with Crippen LogP contribution in [0.5, 0.6) is 0 Å². The van der Waals surface area contributed by atoms with Crippen LogP contribution in [-0.2, 0) is 13.6 Å². The molecule has 0 aliphatic heterocycles. The van der Waals surface area contributed by atoms with E-state index in [4.69, 9.17) is 10.9 Å². The Balaban J connectivity index is 3.78. The van der Waals surface area contributed by atoms with Crippen molar-refractivity contribution < 1.29 is 13.6 Å². The molecule has 0 aromatic rings. The number of hydrogen-bond acceptors (Lipinski definition) is 3. The molecule has 4 heteroatoms. The Labute approximate surface area is 80.1 Å². The van der Waals surface area contributed by atoms with Crippen LogP contribution in [0, 0.1) is 17.8 Å². The summed E-state index contributed by atoms with van der Waals surface area (Å²) in [4.78, 5) is 0. The van der Waals surface area contributed by atoms with Crippen LogP contribution in [0.25, 0.3) is 0 Å². The zero-order chi connectivity index (χ0) is 10.3. The third-order valence-electron chi connectivity index (χ3n) is 1.37. The summed E-state index contributed by atoms with van der Waals surface area (Å²) in [6, 6.07) is 0. The molecule has 0 bridgehead atoms. The van der Waals surface area contributed by atoms with Crippen molar-refractivity contribution in [2.75, 3.05) is 13.7 Å². The first-order valence-corrected chi connectivity index (χ1v) is 5.10. The van der Waals surface area contributed by atoms with Crippen LogP contribution in [0.1, 0.15) is 13.8 Å². The van der Waals surface area contributed by atoms with Crippen LogP contribution in [-0.4, -0.2) is 13.7 Å². The predicted octanol–water partition coefficient (Wildman–Crippen LogP) is 2.25. The highest BCUT2D eigenvalue weighted by Gasteiger charge is 2.07. The number of terminal acetylenes is 1. The molecule has 0 fully saturated rings. The van der Waals surface area contributed by atoms with Crippen molar-refractivity contribution >= 4 is 8.25 Å². The molecule has 0 rings (SSSR count). The molecule has 0 saturated heterocycles. The van der Waals surface area contributed by atoms with E-state index in [2.05, 4.69) is 10.4 Å². The maximum absolute atomic E-state index is 10.7. The van der Waals surface area contributed by atoms with Gasteiger partial charge in [0.15, 0.2) is 0 Å². The monoisotopic (exact) mass is 202 g/mol. The fourth-order valence-corrected chi connectivity index (χ4v) is 0.916. The first kappa shape index (κ1) is 12.4. The Hall–Kier alpha value is -0.550. The molecule has 0 amide bonds. The summed E-state index contributed by atoms with van der Waals surface area (Å²) in [6.45, 7) is 4.07. The van der Waals surface area contributed by atoms with E-state index in [0.29, 0.717) is 0 Å². The van der Waals surface area contributed by atoms with Crippen LogP contribution in [0.3, 0.4) is 0 Å². The maximum Gasteiger partial charge on any atom is 0.319 e. The first-order chi connectivity index (χ1) is 6.02. The molecule has 13 heavy (non-hydrogen) atoms. The van der Waals surface area contributed by atoms with Crippen LogP contribution in [0.4, 0.5) is 0 Å². The van der Waals surface area contributed by atoms with E-state index >= 15 is 0 Å². The Morgan fingerprint density at radius 2 is 2.23 bits per heavy atom. The van der Waals surface area contributed by atoms with Crippen molar-refractivity contribution in [2.24, 2.45) is 5.41 Å². The lowest BCUT2D eigenvalue weighted by Gasteiger charge is -2.09. The quantitative estimate of drug-likeness (QED) is 0.389. The molecule has 1 atom stereocenters. The lowest BCUT2D eigenvalue weighted by Crippen LogP contribution is -2.02. The van der Waals surface area contributed by atoms with Crippen molar-refractivity contribution in [3.63, 3.8) is 0 Å². The third-order valence-corrected chi connectivity index (χ3v) is 2.11. The minimum atomic E-state index is -2.31. The van der Waals surface area contributed by atoms with Gasteiger partial charge in [-0.05, 0) is 13.8 Å². The Morgan fingerprint density at radius 3 is 2.69 bits per heavy atom. The van der Waals surface area contributed by atoms with Gasteiger partial charge in [-0.25, -0.2) is 0 Å². The maximum atomic E-state index is 10.7.